The van der Waals surface area contributed by atoms with Crippen LogP contribution in [0.5, 0.6) is 0 Å². The Morgan fingerprint density at radius 2 is 0.607 bits per heavy atom. The third kappa shape index (κ3) is 11.2. The van der Waals surface area contributed by atoms with Gasteiger partial charge >= 0.3 is 0 Å². The molecule has 9 heteroatoms. The van der Waals surface area contributed by atoms with Crippen LogP contribution < -0.4 is 0 Å². The van der Waals surface area contributed by atoms with Gasteiger partial charge in [-0.05, 0) is 104 Å². The Kier molecular flexibility index (Phi) is 16.4. The number of para-hydroxylation sites is 2. The van der Waals surface area contributed by atoms with Gasteiger partial charge in [0, 0.05) is 158 Å². The predicted molar refractivity (Wildman–Crippen MR) is 511 cm³/mol. The standard InChI is InChI=1S/C38H22N2O.C38H22N2S.C37H21N3/c2*1-2-10-23(11-3-1)36-35-31-17-9-21-39-37(31)28-14-5-4-13-27(28)34(35)30-20-19-24(22-32(30)40-36)25-15-8-16-29-26-12-6-7-18-33(26)41-38(25)29;38-22-25-17-18-27(28-12-5-4-11-26(25)28)24-16-19-31-33(21-24)40-36(23-9-2-1-3-10-23)35-29-13-6-7-14-30(29)37-32(34(31)35)15-8-20-39-37/h2*1-22H;1-21H. The van der Waals surface area contributed by atoms with Crippen LogP contribution in [0.3, 0.4) is 0 Å². The number of rotatable bonds is 6. The van der Waals surface area contributed by atoms with Crippen molar-refractivity contribution in [2.24, 2.45) is 0 Å². The molecular formula is C113H65N7OS. The summed E-state index contributed by atoms with van der Waals surface area (Å²) in [6.07, 6.45) is 5.64. The molecule has 18 aromatic carbocycles. The average molecular weight is 1570 g/mol. The van der Waals surface area contributed by atoms with Gasteiger partial charge in [0.2, 0.25) is 0 Å². The van der Waals surface area contributed by atoms with Gasteiger partial charge in [-0.1, -0.05) is 322 Å². The van der Waals surface area contributed by atoms with Gasteiger partial charge in [-0.25, -0.2) is 15.0 Å². The van der Waals surface area contributed by atoms with Crippen LogP contribution in [0.1, 0.15) is 5.56 Å². The molecule has 122 heavy (non-hydrogen) atoms. The minimum atomic E-state index is 0.682. The van der Waals surface area contributed by atoms with Gasteiger partial charge in [0.05, 0.1) is 61.8 Å². The number of fused-ring (bicyclic) bond motifs is 31. The molecule has 8 aromatic heterocycles. The van der Waals surface area contributed by atoms with Crippen LogP contribution in [0.4, 0.5) is 0 Å². The topological polar surface area (TPSA) is 114 Å². The van der Waals surface area contributed by atoms with E-state index in [1.54, 1.807) is 0 Å². The second kappa shape index (κ2) is 28.5. The van der Waals surface area contributed by atoms with Crippen molar-refractivity contribution in [3.63, 3.8) is 0 Å². The molecule has 0 spiro atoms. The SMILES string of the molecule is N#Cc1ccc(-c2ccc3c(c2)nc(-c2ccccc2)c2c4ccccc4c4ncccc4c32)c2ccccc12.c1ccc(-c2nc3cc(-c4cccc5c4oc4ccccc45)ccc3c3c4ccccc4c4ncccc4c23)cc1.c1ccc(-c2nc3cc(-c4cccc5c4sc4ccccc45)ccc3c3c4ccccc4c4ncccc4c23)cc1. The highest BCUT2D eigenvalue weighted by Crippen LogP contribution is 2.50. The molecule has 0 saturated heterocycles. The fourth-order valence-electron chi connectivity index (χ4n) is 19.1. The molecule has 0 saturated carbocycles. The summed E-state index contributed by atoms with van der Waals surface area (Å²) in [6.45, 7) is 0. The molecule has 0 amide bonds. The lowest BCUT2D eigenvalue weighted by Gasteiger charge is -2.16. The number of aromatic nitrogens is 6. The number of nitrogens with zero attached hydrogens (tertiary/aromatic N) is 7. The number of hydrogen-bond acceptors (Lipinski definition) is 9. The quantitative estimate of drug-likeness (QED) is 0.151. The summed E-state index contributed by atoms with van der Waals surface area (Å²) in [5.74, 6) is 0. The van der Waals surface area contributed by atoms with E-state index >= 15 is 0 Å². The molecule has 26 rings (SSSR count). The van der Waals surface area contributed by atoms with Crippen LogP contribution in [-0.4, -0.2) is 29.9 Å². The van der Waals surface area contributed by atoms with Crippen LogP contribution in [0.25, 0.3) is 250 Å². The first-order valence-corrected chi connectivity index (χ1v) is 41.8. The van der Waals surface area contributed by atoms with Gasteiger partial charge in [-0.3, -0.25) is 15.0 Å². The molecule has 0 aliphatic carbocycles. The Balaban J connectivity index is 0.000000103. The summed E-state index contributed by atoms with van der Waals surface area (Å²) in [5, 5.41) is 37.4. The van der Waals surface area contributed by atoms with Gasteiger partial charge in [0.25, 0.3) is 0 Å². The number of nitriles is 1. The van der Waals surface area contributed by atoms with Crippen molar-refractivity contribution < 1.29 is 4.42 Å². The third-order valence-corrected chi connectivity index (χ3v) is 25.7. The molecule has 26 aromatic rings. The molecule has 564 valence electrons. The molecule has 0 unspecified atom stereocenters. The molecule has 0 N–H and O–H groups in total. The fraction of sp³-hybridized carbons (Fsp3) is 0. The van der Waals surface area contributed by atoms with E-state index in [1.165, 1.54) is 63.6 Å². The highest BCUT2D eigenvalue weighted by Gasteiger charge is 2.25. The Morgan fingerprint density at radius 1 is 0.238 bits per heavy atom. The van der Waals surface area contributed by atoms with Gasteiger partial charge in [-0.15, -0.1) is 11.3 Å². The van der Waals surface area contributed by atoms with Gasteiger partial charge < -0.3 is 4.42 Å². The molecular weight excluding hydrogens is 1500 g/mol. The summed E-state index contributed by atoms with van der Waals surface area (Å²) >= 11 is 1.87. The molecule has 0 aliphatic rings. The van der Waals surface area contributed by atoms with Crippen molar-refractivity contribution in [1.82, 2.24) is 29.9 Å². The Labute approximate surface area is 702 Å². The van der Waals surface area contributed by atoms with E-state index in [9.17, 15) is 5.26 Å². The van der Waals surface area contributed by atoms with E-state index in [4.69, 9.17) is 34.3 Å². The average Bonchev–Trinajstić information content (AvgIpc) is 0.891. The lowest BCUT2D eigenvalue weighted by atomic mass is 9.90. The maximum atomic E-state index is 9.67. The molecule has 0 bridgehead atoms. The van der Waals surface area contributed by atoms with Crippen LogP contribution >= 0.6 is 11.3 Å². The van der Waals surface area contributed by atoms with Crippen molar-refractivity contribution in [1.29, 1.82) is 5.26 Å². The molecule has 0 atom stereocenters. The second-order valence-corrected chi connectivity index (χ2v) is 32.2. The summed E-state index contributed by atoms with van der Waals surface area (Å²) in [7, 11) is 0. The number of pyridine rings is 6. The molecule has 8 heterocycles. The van der Waals surface area contributed by atoms with Crippen LogP contribution in [0, 0.1) is 11.3 Å². The lowest BCUT2D eigenvalue weighted by molar-refractivity contribution is 0.670. The zero-order chi connectivity index (χ0) is 80.5. The highest BCUT2D eigenvalue weighted by molar-refractivity contribution is 7.26. The van der Waals surface area contributed by atoms with Crippen molar-refractivity contribution in [3.05, 3.63) is 400 Å². The number of benzene rings is 18. The summed E-state index contributed by atoms with van der Waals surface area (Å²) in [4.78, 5) is 30.7. The van der Waals surface area contributed by atoms with E-state index < -0.39 is 0 Å². The van der Waals surface area contributed by atoms with Crippen molar-refractivity contribution in [2.45, 2.75) is 0 Å². The number of hydrogen-bond donors (Lipinski definition) is 0. The Bertz CT molecular complexity index is 8580. The number of thiophene rings is 1. The van der Waals surface area contributed by atoms with Gasteiger partial charge in [-0.2, -0.15) is 5.26 Å². The maximum Gasteiger partial charge on any atom is 0.143 e. The highest BCUT2D eigenvalue weighted by atomic mass is 32.1. The largest absolute Gasteiger partial charge is 0.455 e. The molecule has 8 nitrogen and oxygen atoms in total. The van der Waals surface area contributed by atoms with E-state index in [-0.39, 0.29) is 0 Å². The third-order valence-electron chi connectivity index (χ3n) is 24.5. The maximum absolute atomic E-state index is 9.67. The first-order valence-electron chi connectivity index (χ1n) is 41.0. The summed E-state index contributed by atoms with van der Waals surface area (Å²) < 4.78 is 9.03. The van der Waals surface area contributed by atoms with E-state index in [1.807, 2.05) is 103 Å². The van der Waals surface area contributed by atoms with Crippen molar-refractivity contribution >= 4 is 194 Å². The smallest absolute Gasteiger partial charge is 0.143 e. The van der Waals surface area contributed by atoms with Crippen LogP contribution in [0.15, 0.2) is 399 Å². The zero-order valence-corrected chi connectivity index (χ0v) is 66.3. The van der Waals surface area contributed by atoms with E-state index in [2.05, 4.69) is 309 Å². The first kappa shape index (κ1) is 70.0. The monoisotopic (exact) mass is 1570 g/mol. The fourth-order valence-corrected chi connectivity index (χ4v) is 20.4. The first-order chi connectivity index (χ1) is 60.5. The van der Waals surface area contributed by atoms with Crippen molar-refractivity contribution in [3.8, 4) is 73.2 Å². The van der Waals surface area contributed by atoms with E-state index in [0.29, 0.717) is 5.56 Å². The van der Waals surface area contributed by atoms with Crippen molar-refractivity contribution in [2.75, 3.05) is 0 Å². The second-order valence-electron chi connectivity index (χ2n) is 31.1. The van der Waals surface area contributed by atoms with Crippen LogP contribution in [0.2, 0.25) is 0 Å². The summed E-state index contributed by atoms with van der Waals surface area (Å²) in [6, 6.07) is 134. The normalized spacial score (nSPS) is 11.8. The minimum absolute atomic E-state index is 0.682. The van der Waals surface area contributed by atoms with E-state index in [0.717, 1.165) is 186 Å². The zero-order valence-electron chi connectivity index (χ0n) is 65.5. The lowest BCUT2D eigenvalue weighted by Crippen LogP contribution is -1.94. The van der Waals surface area contributed by atoms with Gasteiger partial charge in [0.15, 0.2) is 0 Å². The molecule has 0 radical (unpaired) electrons. The Morgan fingerprint density at radius 3 is 1.11 bits per heavy atom. The Hall–Kier alpha value is -16.3. The molecule has 0 fully saturated rings. The number of furan rings is 1. The van der Waals surface area contributed by atoms with Gasteiger partial charge in [0.1, 0.15) is 11.2 Å². The minimum Gasteiger partial charge on any atom is -0.455 e. The predicted octanol–water partition coefficient (Wildman–Crippen LogP) is 30.6. The molecule has 0 aliphatic heterocycles. The van der Waals surface area contributed by atoms with Crippen LogP contribution in [-0.2, 0) is 0 Å². The summed E-state index contributed by atoms with van der Waals surface area (Å²) in [5.41, 5.74) is 21.3.